The number of carbonyl (C=O) groups excluding carboxylic acids is 1. The fourth-order valence-electron chi connectivity index (χ4n) is 5.89. The molecule has 1 aliphatic carbocycles. The second-order valence-corrected chi connectivity index (χ2v) is 7.91. The summed E-state index contributed by atoms with van der Waals surface area (Å²) in [6.07, 6.45) is 9.21. The Bertz CT molecular complexity index is 917. The van der Waals surface area contributed by atoms with Gasteiger partial charge in [0.05, 0.1) is 29.4 Å². The number of rotatable bonds is 1. The van der Waals surface area contributed by atoms with E-state index in [1.54, 1.807) is 6.08 Å². The normalized spacial score (nSPS) is 36.9. The summed E-state index contributed by atoms with van der Waals surface area (Å²) in [5, 5.41) is 0. The van der Waals surface area contributed by atoms with Crippen molar-refractivity contribution in [3.05, 3.63) is 42.2 Å². The maximum atomic E-state index is 12.1. The molecule has 2 saturated heterocycles. The summed E-state index contributed by atoms with van der Waals surface area (Å²) in [6, 6.07) is 9.44. The number of fused-ring (bicyclic) bond motifs is 4. The molecule has 2 bridgehead atoms. The number of nitrogens with zero attached hydrogens (tertiary/aromatic N) is 3. The van der Waals surface area contributed by atoms with Crippen LogP contribution in [0.3, 0.4) is 0 Å². The van der Waals surface area contributed by atoms with Crippen molar-refractivity contribution in [3.8, 4) is 0 Å². The second-order valence-electron chi connectivity index (χ2n) is 7.91. The van der Waals surface area contributed by atoms with Crippen molar-refractivity contribution >= 4 is 17.0 Å². The molecule has 3 fully saturated rings. The molecule has 6 rings (SSSR count). The number of aromatic nitrogens is 2. The minimum absolute atomic E-state index is 0.141. The monoisotopic (exact) mass is 335 g/mol. The van der Waals surface area contributed by atoms with Gasteiger partial charge in [0.2, 0.25) is 0 Å². The van der Waals surface area contributed by atoms with Crippen molar-refractivity contribution in [2.75, 3.05) is 6.54 Å². The second kappa shape index (κ2) is 4.73. The molecule has 0 N–H and O–H groups in total. The van der Waals surface area contributed by atoms with E-state index in [9.17, 15) is 4.79 Å². The average Bonchev–Trinajstić information content (AvgIpc) is 3.28. The fraction of sp³-hybridized carbons (Fsp3) is 0.500. The lowest BCUT2D eigenvalue weighted by atomic mass is 9.75. The number of esters is 1. The van der Waals surface area contributed by atoms with Crippen LogP contribution in [0.4, 0.5) is 0 Å². The van der Waals surface area contributed by atoms with E-state index in [2.05, 4.69) is 32.7 Å². The highest BCUT2D eigenvalue weighted by Crippen LogP contribution is 2.57. The van der Waals surface area contributed by atoms with Crippen LogP contribution in [0.5, 0.6) is 0 Å². The third-order valence-corrected chi connectivity index (χ3v) is 6.85. The molecular weight excluding hydrogens is 314 g/mol. The van der Waals surface area contributed by atoms with Crippen molar-refractivity contribution in [2.24, 2.45) is 0 Å². The minimum Gasteiger partial charge on any atom is -0.450 e. The van der Waals surface area contributed by atoms with E-state index in [0.29, 0.717) is 18.1 Å². The topological polar surface area (TPSA) is 47.4 Å². The third kappa shape index (κ3) is 1.72. The van der Waals surface area contributed by atoms with E-state index in [0.717, 1.165) is 31.3 Å². The molecule has 1 saturated carbocycles. The standard InChI is InChI=1S/C20H21N3O2/c24-19-10-13-9-16(23-12-21-14-5-1-2-6-15(14)23)17-11-20(13,25-19)18-7-3-4-8-22(17)18/h1-2,5-6,10,12,16-18H,3-4,7-9,11H2/t16?,17-,18+,20-/m0/s1. The first-order valence-corrected chi connectivity index (χ1v) is 9.38. The molecule has 1 spiro atoms. The first-order valence-electron chi connectivity index (χ1n) is 9.38. The van der Waals surface area contributed by atoms with Crippen molar-refractivity contribution in [3.63, 3.8) is 0 Å². The Balaban J connectivity index is 1.51. The van der Waals surface area contributed by atoms with E-state index in [4.69, 9.17) is 4.74 Å². The predicted octanol–water partition coefficient (Wildman–Crippen LogP) is 2.83. The summed E-state index contributed by atoms with van der Waals surface area (Å²) >= 11 is 0. The molecule has 5 heteroatoms. The fourth-order valence-corrected chi connectivity index (χ4v) is 5.89. The van der Waals surface area contributed by atoms with Crippen LogP contribution < -0.4 is 0 Å². The van der Waals surface area contributed by atoms with Crippen LogP contribution in [-0.2, 0) is 9.53 Å². The molecule has 4 atom stereocenters. The van der Waals surface area contributed by atoms with Crippen molar-refractivity contribution < 1.29 is 9.53 Å². The summed E-state index contributed by atoms with van der Waals surface area (Å²) in [7, 11) is 0. The summed E-state index contributed by atoms with van der Waals surface area (Å²) in [4.78, 5) is 19.4. The molecule has 3 aliphatic heterocycles. The summed E-state index contributed by atoms with van der Waals surface area (Å²) in [6.45, 7) is 1.12. The van der Waals surface area contributed by atoms with Crippen LogP contribution in [0.1, 0.15) is 38.1 Å². The van der Waals surface area contributed by atoms with Gasteiger partial charge < -0.3 is 9.30 Å². The number of piperidine rings is 1. The summed E-state index contributed by atoms with van der Waals surface area (Å²) in [5.74, 6) is -0.141. The molecule has 5 nitrogen and oxygen atoms in total. The first kappa shape index (κ1) is 14.1. The summed E-state index contributed by atoms with van der Waals surface area (Å²) in [5.41, 5.74) is 3.10. The average molecular weight is 335 g/mol. The number of para-hydroxylation sites is 2. The number of carbonyl (C=O) groups is 1. The van der Waals surface area contributed by atoms with E-state index >= 15 is 0 Å². The predicted molar refractivity (Wildman–Crippen MR) is 93.0 cm³/mol. The number of hydrogen-bond donors (Lipinski definition) is 0. The maximum Gasteiger partial charge on any atom is 0.331 e. The van der Waals surface area contributed by atoms with E-state index in [1.807, 2.05) is 12.4 Å². The van der Waals surface area contributed by atoms with Gasteiger partial charge in [0.15, 0.2) is 5.60 Å². The quantitative estimate of drug-likeness (QED) is 0.752. The Morgan fingerprint density at radius 3 is 3.08 bits per heavy atom. The lowest BCUT2D eigenvalue weighted by molar-refractivity contribution is -0.148. The molecular formula is C20H21N3O2. The Morgan fingerprint density at radius 1 is 1.20 bits per heavy atom. The third-order valence-electron chi connectivity index (χ3n) is 6.85. The molecule has 1 unspecified atom stereocenters. The van der Waals surface area contributed by atoms with Gasteiger partial charge in [-0.3, -0.25) is 4.90 Å². The highest BCUT2D eigenvalue weighted by Gasteiger charge is 2.64. The Kier molecular flexibility index (Phi) is 2.66. The smallest absolute Gasteiger partial charge is 0.331 e. The lowest BCUT2D eigenvalue weighted by Gasteiger charge is -2.37. The molecule has 2 aromatic rings. The van der Waals surface area contributed by atoms with Crippen LogP contribution in [0, 0.1) is 0 Å². The zero-order valence-corrected chi connectivity index (χ0v) is 14.1. The van der Waals surface area contributed by atoms with Crippen molar-refractivity contribution in [1.82, 2.24) is 14.5 Å². The van der Waals surface area contributed by atoms with Crippen molar-refractivity contribution in [2.45, 2.75) is 55.8 Å². The van der Waals surface area contributed by atoms with Gasteiger partial charge in [0, 0.05) is 18.5 Å². The van der Waals surface area contributed by atoms with Gasteiger partial charge in [0.1, 0.15) is 0 Å². The number of ether oxygens (including phenoxy) is 1. The molecule has 1 aromatic heterocycles. The molecule has 1 aromatic carbocycles. The highest BCUT2D eigenvalue weighted by molar-refractivity contribution is 5.87. The zero-order chi connectivity index (χ0) is 16.6. The number of imidazole rings is 1. The maximum absolute atomic E-state index is 12.1. The van der Waals surface area contributed by atoms with Gasteiger partial charge in [-0.25, -0.2) is 9.78 Å². The van der Waals surface area contributed by atoms with Crippen molar-refractivity contribution in [1.29, 1.82) is 0 Å². The molecule has 0 radical (unpaired) electrons. The van der Waals surface area contributed by atoms with Crippen LogP contribution in [0.15, 0.2) is 42.2 Å². The van der Waals surface area contributed by atoms with Crippen LogP contribution >= 0.6 is 0 Å². The molecule has 4 aliphatic rings. The van der Waals surface area contributed by atoms with Gasteiger partial charge in [-0.2, -0.15) is 0 Å². The van der Waals surface area contributed by atoms with Gasteiger partial charge >= 0.3 is 5.97 Å². The van der Waals surface area contributed by atoms with E-state index < -0.39 is 0 Å². The first-order chi connectivity index (χ1) is 12.3. The Morgan fingerprint density at radius 2 is 2.12 bits per heavy atom. The van der Waals surface area contributed by atoms with Crippen LogP contribution in [-0.4, -0.2) is 44.6 Å². The molecule has 25 heavy (non-hydrogen) atoms. The SMILES string of the molecule is O=C1C=C2CC(n3cnc4ccccc43)[C@@H]3C[C@@]2(O1)[C@H]1CCCCN31. The van der Waals surface area contributed by atoms with Gasteiger partial charge in [-0.05, 0) is 43.5 Å². The summed E-state index contributed by atoms with van der Waals surface area (Å²) < 4.78 is 8.31. The Hall–Kier alpha value is -2.14. The van der Waals surface area contributed by atoms with Crippen LogP contribution in [0.2, 0.25) is 0 Å². The lowest BCUT2D eigenvalue weighted by Crippen LogP contribution is -2.48. The molecule has 0 amide bonds. The molecule has 128 valence electrons. The Labute approximate surface area is 146 Å². The van der Waals surface area contributed by atoms with Gasteiger partial charge in [0.25, 0.3) is 0 Å². The van der Waals surface area contributed by atoms with E-state index in [1.165, 1.54) is 23.9 Å². The number of benzene rings is 1. The zero-order valence-electron chi connectivity index (χ0n) is 14.1. The van der Waals surface area contributed by atoms with Gasteiger partial charge in [-0.1, -0.05) is 18.6 Å². The van der Waals surface area contributed by atoms with Crippen LogP contribution in [0.25, 0.3) is 11.0 Å². The number of hydrogen-bond acceptors (Lipinski definition) is 4. The minimum atomic E-state index is -0.338. The molecule has 4 heterocycles. The van der Waals surface area contributed by atoms with E-state index in [-0.39, 0.29) is 11.6 Å². The van der Waals surface area contributed by atoms with Gasteiger partial charge in [-0.15, -0.1) is 0 Å². The largest absolute Gasteiger partial charge is 0.450 e. The highest BCUT2D eigenvalue weighted by atomic mass is 16.6.